The molecule has 1 N–H and O–H groups in total. The van der Waals surface area contributed by atoms with Crippen molar-refractivity contribution in [1.29, 1.82) is 0 Å². The Balaban J connectivity index is 1.25. The van der Waals surface area contributed by atoms with Gasteiger partial charge in [-0.2, -0.15) is 10.2 Å². The van der Waals surface area contributed by atoms with Crippen LogP contribution in [-0.2, 0) is 16.1 Å². The van der Waals surface area contributed by atoms with Crippen LogP contribution in [0.3, 0.4) is 0 Å². The maximum atomic E-state index is 13.0. The number of ether oxygens (including phenoxy) is 1. The van der Waals surface area contributed by atoms with E-state index in [2.05, 4.69) is 15.5 Å². The lowest BCUT2D eigenvalue weighted by Gasteiger charge is -2.35. The van der Waals surface area contributed by atoms with Crippen LogP contribution in [0.2, 0.25) is 0 Å². The molecule has 2 aromatic rings. The van der Waals surface area contributed by atoms with Gasteiger partial charge in [0.15, 0.2) is 0 Å². The van der Waals surface area contributed by atoms with E-state index >= 15 is 0 Å². The fourth-order valence-electron chi connectivity index (χ4n) is 4.86. The number of hydrogen-bond donors (Lipinski definition) is 1. The average molecular weight is 463 g/mol. The minimum absolute atomic E-state index is 0.0655. The molecule has 0 radical (unpaired) electrons. The molecule has 1 unspecified atom stereocenters. The topological polar surface area (TPSA) is 122 Å². The lowest BCUT2D eigenvalue weighted by Crippen LogP contribution is -2.52. The molecule has 2 fully saturated rings. The van der Waals surface area contributed by atoms with Crippen LogP contribution in [0.25, 0.3) is 0 Å². The number of aromatic nitrogens is 2. The van der Waals surface area contributed by atoms with Crippen molar-refractivity contribution in [3.8, 4) is 5.75 Å². The summed E-state index contributed by atoms with van der Waals surface area (Å²) in [5, 5.41) is 9.85. The zero-order valence-corrected chi connectivity index (χ0v) is 18.6. The van der Waals surface area contributed by atoms with Crippen molar-refractivity contribution in [3.05, 3.63) is 53.3 Å². The molecular formula is C24H25N5O5. The number of rotatable bonds is 5. The first-order valence-electron chi connectivity index (χ1n) is 11.5. The van der Waals surface area contributed by atoms with Crippen LogP contribution in [0.15, 0.2) is 36.7 Å². The summed E-state index contributed by atoms with van der Waals surface area (Å²) in [6.07, 6.45) is 6.33. The molecule has 0 saturated carbocycles. The lowest BCUT2D eigenvalue weighted by atomic mass is 10.0. The van der Waals surface area contributed by atoms with Crippen LogP contribution in [-0.4, -0.2) is 68.9 Å². The van der Waals surface area contributed by atoms with Crippen molar-refractivity contribution in [2.24, 2.45) is 0 Å². The molecule has 0 spiro atoms. The summed E-state index contributed by atoms with van der Waals surface area (Å²) in [6.45, 7) is 1.29. The van der Waals surface area contributed by atoms with Gasteiger partial charge in [0, 0.05) is 25.1 Å². The zero-order valence-electron chi connectivity index (χ0n) is 18.6. The fraction of sp³-hybridized carbons (Fsp3) is 0.417. The molecule has 3 aliphatic heterocycles. The van der Waals surface area contributed by atoms with Crippen molar-refractivity contribution in [2.45, 2.75) is 50.7 Å². The average Bonchev–Trinajstić information content (AvgIpc) is 3.18. The highest BCUT2D eigenvalue weighted by Crippen LogP contribution is 2.30. The first kappa shape index (κ1) is 22.0. The second-order valence-corrected chi connectivity index (χ2v) is 8.81. The molecule has 10 heteroatoms. The number of hydrogen-bond acceptors (Lipinski definition) is 7. The maximum absolute atomic E-state index is 13.0. The molecule has 176 valence electrons. The molecule has 4 heterocycles. The predicted octanol–water partition coefficient (Wildman–Crippen LogP) is 1.31. The third-order valence-electron chi connectivity index (χ3n) is 6.66. The van der Waals surface area contributed by atoms with Gasteiger partial charge in [-0.25, -0.2) is 0 Å². The summed E-state index contributed by atoms with van der Waals surface area (Å²) in [5.74, 6) is -0.425. The predicted molar refractivity (Wildman–Crippen MR) is 119 cm³/mol. The lowest BCUT2D eigenvalue weighted by molar-refractivity contribution is -0.136. The molecule has 0 aliphatic carbocycles. The minimum atomic E-state index is -0.647. The van der Waals surface area contributed by atoms with Gasteiger partial charge in [-0.3, -0.25) is 24.5 Å². The third kappa shape index (κ3) is 4.23. The second kappa shape index (κ2) is 9.20. The Morgan fingerprint density at radius 3 is 2.79 bits per heavy atom. The molecule has 34 heavy (non-hydrogen) atoms. The largest absolute Gasteiger partial charge is 0.491 e. The number of nitrogens with one attached hydrogen (secondary N) is 1. The summed E-state index contributed by atoms with van der Waals surface area (Å²) in [4.78, 5) is 52.8. The van der Waals surface area contributed by atoms with Gasteiger partial charge in [0.25, 0.3) is 11.8 Å². The Morgan fingerprint density at radius 2 is 2.00 bits per heavy atom. The molecule has 10 nitrogen and oxygen atoms in total. The van der Waals surface area contributed by atoms with Crippen molar-refractivity contribution >= 4 is 23.6 Å². The van der Waals surface area contributed by atoms with Crippen LogP contribution < -0.4 is 10.1 Å². The van der Waals surface area contributed by atoms with Gasteiger partial charge in [-0.1, -0.05) is 0 Å². The van der Waals surface area contributed by atoms with Crippen molar-refractivity contribution in [1.82, 2.24) is 25.3 Å². The Kier molecular flexibility index (Phi) is 5.95. The molecule has 5 rings (SSSR count). The van der Waals surface area contributed by atoms with E-state index in [1.807, 2.05) is 11.0 Å². The van der Waals surface area contributed by atoms with Crippen LogP contribution in [0.4, 0.5) is 0 Å². The van der Waals surface area contributed by atoms with Gasteiger partial charge in [0.2, 0.25) is 11.8 Å². The van der Waals surface area contributed by atoms with E-state index in [4.69, 9.17) is 4.74 Å². The quantitative estimate of drug-likeness (QED) is 0.664. The minimum Gasteiger partial charge on any atom is -0.491 e. The van der Waals surface area contributed by atoms with E-state index in [1.165, 1.54) is 17.3 Å². The van der Waals surface area contributed by atoms with Crippen molar-refractivity contribution in [3.63, 3.8) is 0 Å². The molecule has 0 bridgehead atoms. The van der Waals surface area contributed by atoms with Crippen molar-refractivity contribution < 1.29 is 23.9 Å². The smallest absolute Gasteiger partial charge is 0.255 e. The van der Waals surface area contributed by atoms with Gasteiger partial charge < -0.3 is 14.5 Å². The number of amides is 4. The van der Waals surface area contributed by atoms with Gasteiger partial charge in [0.1, 0.15) is 18.4 Å². The summed E-state index contributed by atoms with van der Waals surface area (Å²) in [6, 6.07) is 6.22. The van der Waals surface area contributed by atoms with Gasteiger partial charge in [0.05, 0.1) is 24.0 Å². The van der Waals surface area contributed by atoms with Gasteiger partial charge >= 0.3 is 0 Å². The Labute approximate surface area is 196 Å². The van der Waals surface area contributed by atoms with Gasteiger partial charge in [-0.15, -0.1) is 0 Å². The highest BCUT2D eigenvalue weighted by atomic mass is 16.5. The number of likely N-dealkylation sites (tertiary alicyclic amines) is 1. The second-order valence-electron chi connectivity index (χ2n) is 8.81. The van der Waals surface area contributed by atoms with E-state index < -0.39 is 11.9 Å². The van der Waals surface area contributed by atoms with E-state index in [1.54, 1.807) is 18.2 Å². The Morgan fingerprint density at radius 1 is 1.12 bits per heavy atom. The first-order valence-corrected chi connectivity index (χ1v) is 11.5. The number of nitrogens with zero attached hydrogens (tertiary/aromatic N) is 4. The molecule has 4 amide bonds. The highest BCUT2D eigenvalue weighted by molar-refractivity contribution is 6.05. The molecule has 3 aliphatic rings. The monoisotopic (exact) mass is 463 g/mol. The van der Waals surface area contributed by atoms with Crippen LogP contribution in [0, 0.1) is 0 Å². The molecule has 1 aromatic heterocycles. The van der Waals surface area contributed by atoms with Gasteiger partial charge in [-0.05, 0) is 55.5 Å². The standard InChI is InChI=1S/C24H25N5O5/c30-21-7-6-20(22(31)27-21)29-13-16-11-18(4-5-19(16)24(29)33)34-14-17-3-1-2-10-28(17)23(32)15-8-9-25-26-12-15/h4-5,8-9,11-12,17,20H,1-3,6-7,10,13-14H2,(H,27,30,31)/t17-,20?/m1/s1. The van der Waals surface area contributed by atoms with E-state index in [0.29, 0.717) is 43.0 Å². The number of carbonyl (C=O) groups excluding carboxylic acids is 4. The van der Waals surface area contributed by atoms with E-state index in [9.17, 15) is 19.2 Å². The number of fused-ring (bicyclic) bond motifs is 1. The zero-order chi connectivity index (χ0) is 23.7. The summed E-state index contributed by atoms with van der Waals surface area (Å²) in [7, 11) is 0. The third-order valence-corrected chi connectivity index (χ3v) is 6.66. The summed E-state index contributed by atoms with van der Waals surface area (Å²) in [5.41, 5.74) is 1.83. The van der Waals surface area contributed by atoms with E-state index in [-0.39, 0.29) is 30.2 Å². The van der Waals surface area contributed by atoms with Crippen LogP contribution in [0.5, 0.6) is 5.75 Å². The molecule has 2 saturated heterocycles. The fourth-order valence-corrected chi connectivity index (χ4v) is 4.86. The van der Waals surface area contributed by atoms with Crippen molar-refractivity contribution in [2.75, 3.05) is 13.2 Å². The Hall–Kier alpha value is -3.82. The van der Waals surface area contributed by atoms with Crippen LogP contribution >= 0.6 is 0 Å². The summed E-state index contributed by atoms with van der Waals surface area (Å²) >= 11 is 0. The normalized spacial score (nSPS) is 22.4. The van der Waals surface area contributed by atoms with E-state index in [0.717, 1.165) is 24.8 Å². The Bertz CT molecular complexity index is 1140. The van der Waals surface area contributed by atoms with Crippen LogP contribution in [0.1, 0.15) is 58.4 Å². The SMILES string of the molecule is O=C1CCC(N2Cc3cc(OC[C@H]4CCCCN4C(=O)c4ccnnc4)ccc3C2=O)C(=O)N1. The number of benzene rings is 1. The first-order chi connectivity index (χ1) is 16.5. The summed E-state index contributed by atoms with van der Waals surface area (Å²) < 4.78 is 6.06. The molecular weight excluding hydrogens is 438 g/mol. The number of carbonyl (C=O) groups is 4. The maximum Gasteiger partial charge on any atom is 0.255 e. The molecule has 2 atom stereocenters. The highest BCUT2D eigenvalue weighted by Gasteiger charge is 2.39. The number of imide groups is 1. The number of piperidine rings is 2. The molecule has 1 aromatic carbocycles.